The Kier molecular flexibility index (Phi) is 3.43. The Labute approximate surface area is 127 Å². The minimum atomic E-state index is -0.361. The van der Waals surface area contributed by atoms with Crippen molar-refractivity contribution in [3.8, 4) is 0 Å². The number of likely N-dealkylation sites (N-methyl/N-ethyl adjacent to an activating group) is 1. The first-order valence-corrected chi connectivity index (χ1v) is 7.98. The summed E-state index contributed by atoms with van der Waals surface area (Å²) in [5.41, 5.74) is 0. The fraction of sp³-hybridized carbons (Fsp3) is 0.692. The number of fused-ring (bicyclic) bond motifs is 1. The van der Waals surface area contributed by atoms with Crippen LogP contribution in [0.3, 0.4) is 0 Å². The van der Waals surface area contributed by atoms with E-state index >= 15 is 0 Å². The highest BCUT2D eigenvalue weighted by Gasteiger charge is 2.53. The number of aromatic nitrogens is 3. The second-order valence-corrected chi connectivity index (χ2v) is 7.30. The average Bonchev–Trinajstić information content (AvgIpc) is 3.06. The number of aryl methyl sites for hydroxylation is 1. The summed E-state index contributed by atoms with van der Waals surface area (Å²) in [5.74, 6) is 2.03. The highest BCUT2D eigenvalue weighted by Crippen LogP contribution is 2.47. The van der Waals surface area contributed by atoms with Gasteiger partial charge in [0.25, 0.3) is 0 Å². The molecular weight excluding hydrogens is 290 g/mol. The lowest BCUT2D eigenvalue weighted by atomic mass is 10.2. The van der Waals surface area contributed by atoms with Gasteiger partial charge >= 0.3 is 0 Å². The Bertz CT molecular complexity index is 589. The molecule has 2 amide bonds. The summed E-state index contributed by atoms with van der Waals surface area (Å²) in [5, 5.41) is 6.81. The molecule has 7 nitrogen and oxygen atoms in total. The standard InChI is InChI=1S/C13H19N5O2S/c1-8-14-10(16-15-8)6-17(3)12(20)9-7-21-13(2)5-4-11(19)18(9)13/h9H,4-7H2,1-3H3,(H,14,15,16). The minimum absolute atomic E-state index is 0.0380. The van der Waals surface area contributed by atoms with E-state index in [9.17, 15) is 9.59 Å². The molecule has 3 heterocycles. The number of amides is 2. The van der Waals surface area contributed by atoms with Crippen molar-refractivity contribution < 1.29 is 9.59 Å². The number of carbonyl (C=O) groups excluding carboxylic acids is 2. The van der Waals surface area contributed by atoms with Gasteiger partial charge in [-0.15, -0.1) is 11.8 Å². The number of nitrogens with one attached hydrogen (secondary N) is 1. The van der Waals surface area contributed by atoms with E-state index in [0.717, 1.165) is 12.2 Å². The number of hydrogen-bond donors (Lipinski definition) is 1. The average molecular weight is 309 g/mol. The maximum absolute atomic E-state index is 12.6. The van der Waals surface area contributed by atoms with Crippen LogP contribution in [-0.2, 0) is 16.1 Å². The van der Waals surface area contributed by atoms with E-state index in [1.807, 2.05) is 6.92 Å². The molecule has 2 aliphatic rings. The highest BCUT2D eigenvalue weighted by atomic mass is 32.2. The second kappa shape index (κ2) is 5.01. The zero-order valence-electron chi connectivity index (χ0n) is 12.4. The van der Waals surface area contributed by atoms with Crippen LogP contribution in [0.5, 0.6) is 0 Å². The predicted octanol–water partition coefficient (Wildman–Crippen LogP) is 0.526. The van der Waals surface area contributed by atoms with Crippen molar-refractivity contribution >= 4 is 23.6 Å². The number of hydrogen-bond acceptors (Lipinski definition) is 5. The molecule has 114 valence electrons. The molecule has 0 bridgehead atoms. The van der Waals surface area contributed by atoms with Crippen LogP contribution in [0.4, 0.5) is 0 Å². The third kappa shape index (κ3) is 2.41. The molecule has 2 aliphatic heterocycles. The summed E-state index contributed by atoms with van der Waals surface area (Å²) in [7, 11) is 1.73. The van der Waals surface area contributed by atoms with Crippen molar-refractivity contribution in [3.05, 3.63) is 11.6 Å². The molecule has 21 heavy (non-hydrogen) atoms. The minimum Gasteiger partial charge on any atom is -0.336 e. The van der Waals surface area contributed by atoms with Gasteiger partial charge in [-0.25, -0.2) is 4.98 Å². The number of nitrogens with zero attached hydrogens (tertiary/aromatic N) is 4. The number of aromatic amines is 1. The first-order chi connectivity index (χ1) is 9.90. The lowest BCUT2D eigenvalue weighted by molar-refractivity contribution is -0.143. The Balaban J connectivity index is 1.71. The molecule has 1 aromatic heterocycles. The fourth-order valence-corrected chi connectivity index (χ4v) is 4.43. The van der Waals surface area contributed by atoms with Crippen LogP contribution in [0.15, 0.2) is 0 Å². The van der Waals surface area contributed by atoms with E-state index in [0.29, 0.717) is 24.5 Å². The van der Waals surface area contributed by atoms with Gasteiger partial charge in [0, 0.05) is 19.2 Å². The van der Waals surface area contributed by atoms with E-state index in [2.05, 4.69) is 22.1 Å². The molecule has 2 atom stereocenters. The highest BCUT2D eigenvalue weighted by molar-refractivity contribution is 8.01. The number of thioether (sulfide) groups is 1. The molecule has 0 aromatic carbocycles. The molecule has 0 aliphatic carbocycles. The van der Waals surface area contributed by atoms with E-state index in [1.54, 1.807) is 28.6 Å². The van der Waals surface area contributed by atoms with Gasteiger partial charge in [0.05, 0.1) is 11.4 Å². The van der Waals surface area contributed by atoms with Crippen LogP contribution >= 0.6 is 11.8 Å². The van der Waals surface area contributed by atoms with Crippen molar-refractivity contribution in [3.63, 3.8) is 0 Å². The zero-order chi connectivity index (χ0) is 15.2. The van der Waals surface area contributed by atoms with Gasteiger partial charge in [0.15, 0.2) is 5.82 Å². The summed E-state index contributed by atoms with van der Waals surface area (Å²) in [6, 6.07) is -0.361. The van der Waals surface area contributed by atoms with Crippen molar-refractivity contribution in [2.75, 3.05) is 12.8 Å². The van der Waals surface area contributed by atoms with Crippen LogP contribution in [0.2, 0.25) is 0 Å². The largest absolute Gasteiger partial charge is 0.336 e. The molecule has 2 unspecified atom stereocenters. The smallest absolute Gasteiger partial charge is 0.246 e. The molecule has 2 saturated heterocycles. The van der Waals surface area contributed by atoms with Crippen molar-refractivity contribution in [2.45, 2.75) is 44.1 Å². The van der Waals surface area contributed by atoms with Crippen LogP contribution in [0.1, 0.15) is 31.4 Å². The maximum Gasteiger partial charge on any atom is 0.246 e. The summed E-state index contributed by atoms with van der Waals surface area (Å²) >= 11 is 1.70. The summed E-state index contributed by atoms with van der Waals surface area (Å²) in [6.45, 7) is 4.22. The Morgan fingerprint density at radius 1 is 1.62 bits per heavy atom. The van der Waals surface area contributed by atoms with Crippen LogP contribution in [0, 0.1) is 6.92 Å². The molecule has 0 radical (unpaired) electrons. The van der Waals surface area contributed by atoms with E-state index in [-0.39, 0.29) is 22.7 Å². The topological polar surface area (TPSA) is 82.2 Å². The monoisotopic (exact) mass is 309 g/mol. The van der Waals surface area contributed by atoms with Crippen molar-refractivity contribution in [2.24, 2.45) is 0 Å². The summed E-state index contributed by atoms with van der Waals surface area (Å²) in [6.07, 6.45) is 1.36. The third-order valence-corrected chi connectivity index (χ3v) is 5.63. The zero-order valence-corrected chi connectivity index (χ0v) is 13.2. The summed E-state index contributed by atoms with van der Waals surface area (Å²) in [4.78, 5) is 32.1. The molecule has 1 aromatic rings. The number of H-pyrrole nitrogens is 1. The molecule has 0 saturated carbocycles. The molecule has 0 spiro atoms. The van der Waals surface area contributed by atoms with Gasteiger partial charge in [-0.3, -0.25) is 14.7 Å². The Hall–Kier alpha value is -1.57. The van der Waals surface area contributed by atoms with Gasteiger partial charge in [0.1, 0.15) is 11.9 Å². The predicted molar refractivity (Wildman–Crippen MR) is 78.3 cm³/mol. The van der Waals surface area contributed by atoms with Crippen LogP contribution in [0.25, 0.3) is 0 Å². The molecule has 1 N–H and O–H groups in total. The first-order valence-electron chi connectivity index (χ1n) is 7.00. The quantitative estimate of drug-likeness (QED) is 0.880. The lowest BCUT2D eigenvalue weighted by Gasteiger charge is -2.31. The van der Waals surface area contributed by atoms with Crippen molar-refractivity contribution in [1.29, 1.82) is 0 Å². The molecule has 3 rings (SSSR count). The van der Waals surface area contributed by atoms with Gasteiger partial charge in [-0.1, -0.05) is 0 Å². The first kappa shape index (κ1) is 14.4. The van der Waals surface area contributed by atoms with Gasteiger partial charge in [-0.2, -0.15) is 5.10 Å². The van der Waals surface area contributed by atoms with Crippen LogP contribution < -0.4 is 0 Å². The fourth-order valence-electron chi connectivity index (χ4n) is 3.01. The second-order valence-electron chi connectivity index (χ2n) is 5.80. The van der Waals surface area contributed by atoms with Crippen molar-refractivity contribution in [1.82, 2.24) is 25.0 Å². The number of rotatable bonds is 3. The van der Waals surface area contributed by atoms with Crippen LogP contribution in [-0.4, -0.2) is 60.5 Å². The van der Waals surface area contributed by atoms with E-state index < -0.39 is 0 Å². The summed E-state index contributed by atoms with van der Waals surface area (Å²) < 4.78 is 0. The molecule has 2 fully saturated rings. The van der Waals surface area contributed by atoms with Gasteiger partial charge in [0.2, 0.25) is 11.8 Å². The molecular formula is C13H19N5O2S. The lowest BCUT2D eigenvalue weighted by Crippen LogP contribution is -2.50. The third-order valence-electron chi connectivity index (χ3n) is 4.13. The Morgan fingerprint density at radius 2 is 2.38 bits per heavy atom. The Morgan fingerprint density at radius 3 is 3.05 bits per heavy atom. The number of carbonyl (C=O) groups is 2. The van der Waals surface area contributed by atoms with Gasteiger partial charge in [-0.05, 0) is 20.3 Å². The normalized spacial score (nSPS) is 28.0. The SMILES string of the molecule is Cc1nc(CN(C)C(=O)C2CSC3(C)CCC(=O)N23)n[nH]1. The van der Waals surface area contributed by atoms with E-state index in [1.165, 1.54) is 0 Å². The maximum atomic E-state index is 12.6. The molecule has 8 heteroatoms. The van der Waals surface area contributed by atoms with Gasteiger partial charge < -0.3 is 9.80 Å². The van der Waals surface area contributed by atoms with E-state index in [4.69, 9.17) is 0 Å².